The molecule has 0 saturated carbocycles. The minimum Gasteiger partial charge on any atom is -0.448 e. The number of rotatable bonds is 4. The Balaban J connectivity index is 2.83. The van der Waals surface area contributed by atoms with E-state index in [0.29, 0.717) is 5.56 Å². The molecule has 0 saturated heterocycles. The summed E-state index contributed by atoms with van der Waals surface area (Å²) in [5, 5.41) is 1.91. The van der Waals surface area contributed by atoms with Crippen LogP contribution in [0.5, 0.6) is 0 Å². The average Bonchev–Trinajstić information content (AvgIpc) is 2.34. The topological polar surface area (TPSA) is 98.5 Å². The van der Waals surface area contributed by atoms with E-state index in [1.165, 1.54) is 0 Å². The second-order valence-electron chi connectivity index (χ2n) is 4.43. The van der Waals surface area contributed by atoms with Crippen LogP contribution in [0.3, 0.4) is 0 Å². The number of imide groups is 1. The molecule has 0 aliphatic heterocycles. The molecule has 3 amide bonds. The second kappa shape index (κ2) is 7.04. The van der Waals surface area contributed by atoms with Gasteiger partial charge in [0, 0.05) is 4.47 Å². The van der Waals surface area contributed by atoms with Gasteiger partial charge in [0.1, 0.15) is 0 Å². The summed E-state index contributed by atoms with van der Waals surface area (Å²) < 4.78 is 5.85. The van der Waals surface area contributed by atoms with Gasteiger partial charge in [-0.25, -0.2) is 9.59 Å². The molecule has 0 aliphatic rings. The van der Waals surface area contributed by atoms with Crippen LogP contribution in [-0.4, -0.2) is 24.0 Å². The molecule has 0 aromatic heterocycles. The molecule has 0 fully saturated rings. The lowest BCUT2D eigenvalue weighted by Gasteiger charge is -2.19. The van der Waals surface area contributed by atoms with Crippen LogP contribution >= 0.6 is 15.9 Å². The summed E-state index contributed by atoms with van der Waals surface area (Å²) in [5.41, 5.74) is 5.18. The van der Waals surface area contributed by atoms with Gasteiger partial charge in [0.2, 0.25) is 0 Å². The lowest BCUT2D eigenvalue weighted by Crippen LogP contribution is -2.45. The molecule has 108 valence electrons. The van der Waals surface area contributed by atoms with Gasteiger partial charge in [0.15, 0.2) is 6.10 Å². The lowest BCUT2D eigenvalue weighted by molar-refractivity contribution is -0.130. The first-order chi connectivity index (χ1) is 9.31. The summed E-state index contributed by atoms with van der Waals surface area (Å²) in [4.78, 5) is 34.4. The molecule has 0 spiro atoms. The number of nitrogens with two attached hydrogens (primary N) is 1. The zero-order chi connectivity index (χ0) is 15.3. The highest BCUT2D eigenvalue weighted by atomic mass is 79.9. The SMILES string of the molecule is CC(C)[C@H](OC(=O)c1cccc(Br)c1)C(=O)NC(N)=O. The summed E-state index contributed by atoms with van der Waals surface area (Å²) in [6, 6.07) is 5.59. The summed E-state index contributed by atoms with van der Waals surface area (Å²) in [7, 11) is 0. The van der Waals surface area contributed by atoms with Gasteiger partial charge in [-0.05, 0) is 24.1 Å². The molecule has 0 aliphatic carbocycles. The number of hydrogen-bond donors (Lipinski definition) is 2. The first-order valence-corrected chi connectivity index (χ1v) is 6.67. The lowest BCUT2D eigenvalue weighted by atomic mass is 10.1. The summed E-state index contributed by atoms with van der Waals surface area (Å²) in [6.07, 6.45) is -1.09. The van der Waals surface area contributed by atoms with Crippen LogP contribution in [0.25, 0.3) is 0 Å². The number of benzene rings is 1. The normalized spacial score (nSPS) is 11.8. The fraction of sp³-hybridized carbons (Fsp3) is 0.308. The van der Waals surface area contributed by atoms with Gasteiger partial charge in [-0.2, -0.15) is 0 Å². The highest BCUT2D eigenvalue weighted by Crippen LogP contribution is 2.15. The minimum absolute atomic E-state index is 0.301. The molecule has 0 unspecified atom stereocenters. The third-order valence-corrected chi connectivity index (χ3v) is 2.90. The van der Waals surface area contributed by atoms with Crippen LogP contribution in [-0.2, 0) is 9.53 Å². The number of hydrogen-bond acceptors (Lipinski definition) is 4. The standard InChI is InChI=1S/C13H15BrN2O4/c1-7(2)10(11(17)16-13(15)19)20-12(18)8-4-3-5-9(14)6-8/h3-7,10H,1-2H3,(H3,15,16,17,19)/t10-/m0/s1. The van der Waals surface area contributed by atoms with Gasteiger partial charge in [-0.1, -0.05) is 35.8 Å². The molecule has 1 rings (SSSR count). The van der Waals surface area contributed by atoms with Crippen molar-refractivity contribution in [3.63, 3.8) is 0 Å². The van der Waals surface area contributed by atoms with Crippen LogP contribution in [0, 0.1) is 5.92 Å². The van der Waals surface area contributed by atoms with Crippen molar-refractivity contribution in [1.29, 1.82) is 0 Å². The number of nitrogens with one attached hydrogen (secondary N) is 1. The Morgan fingerprint density at radius 1 is 1.30 bits per heavy atom. The van der Waals surface area contributed by atoms with Gasteiger partial charge >= 0.3 is 12.0 Å². The van der Waals surface area contributed by atoms with Gasteiger partial charge in [0.05, 0.1) is 5.56 Å². The maximum Gasteiger partial charge on any atom is 0.338 e. The van der Waals surface area contributed by atoms with Crippen molar-refractivity contribution in [3.8, 4) is 0 Å². The minimum atomic E-state index is -1.09. The van der Waals surface area contributed by atoms with E-state index in [2.05, 4.69) is 15.9 Å². The van der Waals surface area contributed by atoms with Crippen LogP contribution in [0.4, 0.5) is 4.79 Å². The fourth-order valence-corrected chi connectivity index (χ4v) is 1.88. The first-order valence-electron chi connectivity index (χ1n) is 5.88. The van der Waals surface area contributed by atoms with Crippen molar-refractivity contribution < 1.29 is 19.1 Å². The van der Waals surface area contributed by atoms with E-state index in [9.17, 15) is 14.4 Å². The Hall–Kier alpha value is -1.89. The predicted molar refractivity (Wildman–Crippen MR) is 75.9 cm³/mol. The molecular weight excluding hydrogens is 328 g/mol. The molecule has 6 nitrogen and oxygen atoms in total. The smallest absolute Gasteiger partial charge is 0.338 e. The number of esters is 1. The average molecular weight is 343 g/mol. The van der Waals surface area contributed by atoms with Gasteiger partial charge in [0.25, 0.3) is 5.91 Å². The third kappa shape index (κ3) is 4.65. The fourth-order valence-electron chi connectivity index (χ4n) is 1.48. The molecule has 20 heavy (non-hydrogen) atoms. The predicted octanol–water partition coefficient (Wildman–Crippen LogP) is 1.83. The molecule has 3 N–H and O–H groups in total. The molecule has 1 aromatic carbocycles. The molecule has 1 atom stereocenters. The van der Waals surface area contributed by atoms with Crippen LogP contribution in [0.15, 0.2) is 28.7 Å². The Kier molecular flexibility index (Phi) is 5.69. The number of ether oxygens (including phenoxy) is 1. The number of halogens is 1. The van der Waals surface area contributed by atoms with Crippen molar-refractivity contribution in [3.05, 3.63) is 34.3 Å². The Labute approximate surface area is 124 Å². The van der Waals surface area contributed by atoms with Crippen molar-refractivity contribution in [2.45, 2.75) is 20.0 Å². The van der Waals surface area contributed by atoms with Crippen LogP contribution in [0.2, 0.25) is 0 Å². The Morgan fingerprint density at radius 2 is 1.95 bits per heavy atom. The highest BCUT2D eigenvalue weighted by molar-refractivity contribution is 9.10. The van der Waals surface area contributed by atoms with Crippen molar-refractivity contribution in [2.24, 2.45) is 11.7 Å². The van der Waals surface area contributed by atoms with Crippen molar-refractivity contribution in [1.82, 2.24) is 5.32 Å². The zero-order valence-electron chi connectivity index (χ0n) is 11.1. The van der Waals surface area contributed by atoms with Gasteiger partial charge < -0.3 is 10.5 Å². The van der Waals surface area contributed by atoms with Crippen molar-refractivity contribution in [2.75, 3.05) is 0 Å². The number of amides is 3. The number of carbonyl (C=O) groups is 3. The third-order valence-electron chi connectivity index (χ3n) is 2.40. The molecule has 0 bridgehead atoms. The first kappa shape index (κ1) is 16.2. The number of primary amides is 1. The molecule has 1 aromatic rings. The van der Waals surface area contributed by atoms with Crippen LogP contribution < -0.4 is 11.1 Å². The molecule has 7 heteroatoms. The van der Waals surface area contributed by atoms with E-state index in [0.717, 1.165) is 4.47 Å². The number of urea groups is 1. The van der Waals surface area contributed by atoms with Gasteiger partial charge in [-0.15, -0.1) is 0 Å². The van der Waals surface area contributed by atoms with Crippen molar-refractivity contribution >= 4 is 33.8 Å². The van der Waals surface area contributed by atoms with Gasteiger partial charge in [-0.3, -0.25) is 10.1 Å². The maximum atomic E-state index is 12.0. The Morgan fingerprint density at radius 3 is 2.45 bits per heavy atom. The highest BCUT2D eigenvalue weighted by Gasteiger charge is 2.27. The van der Waals surface area contributed by atoms with E-state index in [4.69, 9.17) is 10.5 Å². The van der Waals surface area contributed by atoms with Crippen LogP contribution in [0.1, 0.15) is 24.2 Å². The quantitative estimate of drug-likeness (QED) is 0.815. The van der Waals surface area contributed by atoms with E-state index < -0.39 is 24.0 Å². The van der Waals surface area contributed by atoms with E-state index in [1.54, 1.807) is 38.1 Å². The summed E-state index contributed by atoms with van der Waals surface area (Å²) in [6.45, 7) is 3.39. The molecule has 0 heterocycles. The molecule has 0 radical (unpaired) electrons. The number of carbonyl (C=O) groups excluding carboxylic acids is 3. The second-order valence-corrected chi connectivity index (χ2v) is 5.35. The summed E-state index contributed by atoms with van der Waals surface area (Å²) >= 11 is 3.24. The van der Waals surface area contributed by atoms with E-state index in [-0.39, 0.29) is 5.92 Å². The largest absolute Gasteiger partial charge is 0.448 e. The van der Waals surface area contributed by atoms with E-state index >= 15 is 0 Å². The Bertz CT molecular complexity index is 531. The summed E-state index contributed by atoms with van der Waals surface area (Å²) in [5.74, 6) is -1.69. The molecular formula is C13H15BrN2O4. The maximum absolute atomic E-state index is 12.0. The van der Waals surface area contributed by atoms with E-state index in [1.807, 2.05) is 5.32 Å². The monoisotopic (exact) mass is 342 g/mol. The zero-order valence-corrected chi connectivity index (χ0v) is 12.6.